The van der Waals surface area contributed by atoms with Crippen molar-refractivity contribution in [3.63, 3.8) is 0 Å². The third-order valence-corrected chi connectivity index (χ3v) is 5.20. The SMILES string of the molecule is CNC(=O)c1cc(N2CCc3cc(NC(=O)c4cccc(C(F)(F)F)c4)ccc32)ccn1. The van der Waals surface area contributed by atoms with E-state index in [2.05, 4.69) is 15.6 Å². The summed E-state index contributed by atoms with van der Waals surface area (Å²) in [6.45, 7) is 0.678. The fourth-order valence-corrected chi connectivity index (χ4v) is 3.63. The highest BCUT2D eigenvalue weighted by molar-refractivity contribution is 6.04. The molecule has 0 saturated heterocycles. The smallest absolute Gasteiger partial charge is 0.354 e. The quantitative estimate of drug-likeness (QED) is 0.631. The Labute approximate surface area is 182 Å². The van der Waals surface area contributed by atoms with Gasteiger partial charge < -0.3 is 15.5 Å². The van der Waals surface area contributed by atoms with Crippen molar-refractivity contribution in [2.24, 2.45) is 0 Å². The first kappa shape index (κ1) is 21.4. The summed E-state index contributed by atoms with van der Waals surface area (Å²) in [5, 5.41) is 5.21. The maximum absolute atomic E-state index is 12.9. The lowest BCUT2D eigenvalue weighted by Gasteiger charge is -2.20. The molecule has 0 atom stereocenters. The first-order valence-corrected chi connectivity index (χ1v) is 9.83. The molecule has 32 heavy (non-hydrogen) atoms. The summed E-state index contributed by atoms with van der Waals surface area (Å²) in [7, 11) is 1.54. The van der Waals surface area contributed by atoms with Gasteiger partial charge in [-0.3, -0.25) is 14.6 Å². The van der Waals surface area contributed by atoms with E-state index in [0.717, 1.165) is 29.1 Å². The first-order chi connectivity index (χ1) is 15.3. The average Bonchev–Trinajstić information content (AvgIpc) is 3.21. The van der Waals surface area contributed by atoms with Crippen molar-refractivity contribution >= 4 is 28.9 Å². The molecule has 2 N–H and O–H groups in total. The summed E-state index contributed by atoms with van der Waals surface area (Å²) < 4.78 is 38.7. The highest BCUT2D eigenvalue weighted by atomic mass is 19.4. The van der Waals surface area contributed by atoms with Crippen molar-refractivity contribution in [1.82, 2.24) is 10.3 Å². The summed E-state index contributed by atoms with van der Waals surface area (Å²) >= 11 is 0. The van der Waals surface area contributed by atoms with E-state index in [9.17, 15) is 22.8 Å². The van der Waals surface area contributed by atoms with Gasteiger partial charge in [-0.1, -0.05) is 6.07 Å². The highest BCUT2D eigenvalue weighted by Gasteiger charge is 2.31. The third kappa shape index (κ3) is 4.27. The second kappa shape index (κ2) is 8.33. The number of aromatic nitrogens is 1. The van der Waals surface area contributed by atoms with Crippen LogP contribution >= 0.6 is 0 Å². The number of nitrogens with zero attached hydrogens (tertiary/aromatic N) is 2. The van der Waals surface area contributed by atoms with E-state index in [-0.39, 0.29) is 11.5 Å². The average molecular weight is 440 g/mol. The van der Waals surface area contributed by atoms with Crippen LogP contribution in [0, 0.1) is 0 Å². The summed E-state index contributed by atoms with van der Waals surface area (Å²) in [5.74, 6) is -0.894. The summed E-state index contributed by atoms with van der Waals surface area (Å²) in [6.07, 6.45) is -2.24. The van der Waals surface area contributed by atoms with Crippen molar-refractivity contribution in [3.8, 4) is 0 Å². The van der Waals surface area contributed by atoms with E-state index in [1.54, 1.807) is 18.3 Å². The zero-order valence-corrected chi connectivity index (χ0v) is 17.0. The topological polar surface area (TPSA) is 74.3 Å². The number of nitrogens with one attached hydrogen (secondary N) is 2. The molecule has 6 nitrogen and oxygen atoms in total. The lowest BCUT2D eigenvalue weighted by atomic mass is 10.1. The van der Waals surface area contributed by atoms with Gasteiger partial charge in [-0.05, 0) is 60.5 Å². The predicted molar refractivity (Wildman–Crippen MR) is 114 cm³/mol. The molecule has 0 saturated carbocycles. The Kier molecular flexibility index (Phi) is 5.56. The van der Waals surface area contributed by atoms with E-state index in [4.69, 9.17) is 0 Å². The molecule has 164 valence electrons. The lowest BCUT2D eigenvalue weighted by molar-refractivity contribution is -0.137. The lowest BCUT2D eigenvalue weighted by Crippen LogP contribution is -2.20. The van der Waals surface area contributed by atoms with Crippen LogP contribution in [0.2, 0.25) is 0 Å². The van der Waals surface area contributed by atoms with Crippen LogP contribution in [0.1, 0.15) is 32.0 Å². The zero-order valence-electron chi connectivity index (χ0n) is 17.0. The molecule has 0 spiro atoms. The van der Waals surface area contributed by atoms with Crippen LogP contribution in [0.4, 0.5) is 30.2 Å². The number of pyridine rings is 1. The van der Waals surface area contributed by atoms with Crippen molar-refractivity contribution in [3.05, 3.63) is 83.2 Å². The number of rotatable bonds is 4. The predicted octanol–water partition coefficient (Wildman–Crippen LogP) is 4.41. The molecule has 4 rings (SSSR count). The monoisotopic (exact) mass is 440 g/mol. The number of carbonyl (C=O) groups excluding carboxylic acids is 2. The summed E-state index contributed by atoms with van der Waals surface area (Å²) in [5.41, 5.74) is 2.58. The molecular formula is C23H19F3N4O2. The van der Waals surface area contributed by atoms with Crippen molar-refractivity contribution in [2.75, 3.05) is 23.8 Å². The van der Waals surface area contributed by atoms with Crippen molar-refractivity contribution < 1.29 is 22.8 Å². The Hall–Kier alpha value is -3.88. The Balaban J connectivity index is 1.54. The van der Waals surface area contributed by atoms with Gasteiger partial charge in [-0.25, -0.2) is 0 Å². The molecule has 9 heteroatoms. The third-order valence-electron chi connectivity index (χ3n) is 5.20. The van der Waals surface area contributed by atoms with Gasteiger partial charge in [0.05, 0.1) is 5.56 Å². The maximum Gasteiger partial charge on any atom is 0.416 e. The number of anilines is 3. The van der Waals surface area contributed by atoms with Gasteiger partial charge in [-0.2, -0.15) is 13.2 Å². The van der Waals surface area contributed by atoms with Crippen LogP contribution < -0.4 is 15.5 Å². The van der Waals surface area contributed by atoms with E-state index >= 15 is 0 Å². The van der Waals surface area contributed by atoms with Gasteiger partial charge in [0, 0.05) is 42.4 Å². The number of benzene rings is 2. The second-order valence-corrected chi connectivity index (χ2v) is 7.26. The van der Waals surface area contributed by atoms with Crippen LogP contribution in [0.5, 0.6) is 0 Å². The Morgan fingerprint density at radius 2 is 1.84 bits per heavy atom. The number of hydrogen-bond acceptors (Lipinski definition) is 4. The fourth-order valence-electron chi connectivity index (χ4n) is 3.63. The second-order valence-electron chi connectivity index (χ2n) is 7.26. The van der Waals surface area contributed by atoms with Gasteiger partial charge >= 0.3 is 6.18 Å². The maximum atomic E-state index is 12.9. The molecule has 2 amide bonds. The minimum atomic E-state index is -4.52. The summed E-state index contributed by atoms with van der Waals surface area (Å²) in [4.78, 5) is 30.5. The first-order valence-electron chi connectivity index (χ1n) is 9.83. The van der Waals surface area contributed by atoms with E-state index in [0.29, 0.717) is 24.3 Å². The van der Waals surface area contributed by atoms with Crippen molar-refractivity contribution in [1.29, 1.82) is 0 Å². The van der Waals surface area contributed by atoms with Gasteiger partial charge in [0.1, 0.15) is 5.69 Å². The van der Waals surface area contributed by atoms with Crippen LogP contribution in [-0.4, -0.2) is 30.4 Å². The fraction of sp³-hybridized carbons (Fsp3) is 0.174. The number of halogens is 3. The molecule has 0 aliphatic carbocycles. The minimum absolute atomic E-state index is 0.0690. The van der Waals surface area contributed by atoms with Crippen LogP contribution in [-0.2, 0) is 12.6 Å². The van der Waals surface area contributed by atoms with E-state index in [1.165, 1.54) is 19.2 Å². The molecule has 0 bridgehead atoms. The molecule has 2 heterocycles. The van der Waals surface area contributed by atoms with Gasteiger partial charge in [0.25, 0.3) is 11.8 Å². The molecule has 1 aromatic heterocycles. The van der Waals surface area contributed by atoms with Crippen LogP contribution in [0.3, 0.4) is 0 Å². The van der Waals surface area contributed by atoms with E-state index < -0.39 is 17.6 Å². The largest absolute Gasteiger partial charge is 0.416 e. The standard InChI is InChI=1S/C23H19F3N4O2/c1-27-22(32)19-13-18(7-9-28-19)30-10-8-14-12-17(5-6-20(14)30)29-21(31)15-3-2-4-16(11-15)23(24,25)26/h2-7,9,11-13H,8,10H2,1H3,(H,27,32)(H,29,31). The molecular weight excluding hydrogens is 421 g/mol. The number of amides is 2. The molecule has 3 aromatic rings. The van der Waals surface area contributed by atoms with Crippen LogP contribution in [0.15, 0.2) is 60.8 Å². The Morgan fingerprint density at radius 1 is 1.03 bits per heavy atom. The van der Waals surface area contributed by atoms with E-state index in [1.807, 2.05) is 23.1 Å². The molecule has 0 radical (unpaired) electrons. The minimum Gasteiger partial charge on any atom is -0.354 e. The molecule has 1 aliphatic rings. The van der Waals surface area contributed by atoms with Crippen LogP contribution in [0.25, 0.3) is 0 Å². The van der Waals surface area contributed by atoms with Gasteiger partial charge in [0.2, 0.25) is 0 Å². The molecule has 0 unspecified atom stereocenters. The van der Waals surface area contributed by atoms with Gasteiger partial charge in [0.15, 0.2) is 0 Å². The number of fused-ring (bicyclic) bond motifs is 1. The summed E-state index contributed by atoms with van der Waals surface area (Å²) in [6, 6.07) is 13.2. The highest BCUT2D eigenvalue weighted by Crippen LogP contribution is 2.36. The molecule has 2 aromatic carbocycles. The molecule has 0 fully saturated rings. The van der Waals surface area contributed by atoms with Crippen molar-refractivity contribution in [2.45, 2.75) is 12.6 Å². The Bertz CT molecular complexity index is 1190. The number of hydrogen-bond donors (Lipinski definition) is 2. The molecule has 1 aliphatic heterocycles. The number of alkyl halides is 3. The zero-order chi connectivity index (χ0) is 22.9. The number of carbonyl (C=O) groups is 2. The van der Waals surface area contributed by atoms with Gasteiger partial charge in [-0.15, -0.1) is 0 Å². The normalized spacial score (nSPS) is 12.9. The Morgan fingerprint density at radius 3 is 2.59 bits per heavy atom.